The predicted molar refractivity (Wildman–Crippen MR) is 64.8 cm³/mol. The van der Waals surface area contributed by atoms with Crippen LogP contribution < -0.4 is 10.1 Å². The van der Waals surface area contributed by atoms with Crippen LogP contribution >= 0.6 is 0 Å². The number of aryl methyl sites for hydroxylation is 1. The molecule has 1 aromatic carbocycles. The minimum absolute atomic E-state index is 0.0202. The van der Waals surface area contributed by atoms with Gasteiger partial charge in [0.2, 0.25) is 5.91 Å². The van der Waals surface area contributed by atoms with Crippen molar-refractivity contribution in [2.24, 2.45) is 0 Å². The monoisotopic (exact) mass is 249 g/mol. The first-order chi connectivity index (χ1) is 8.58. The molecule has 1 aromatic rings. The van der Waals surface area contributed by atoms with Crippen LogP contribution in [0, 0.1) is 6.92 Å². The second-order valence-electron chi connectivity index (χ2n) is 4.37. The highest BCUT2D eigenvalue weighted by atomic mass is 16.5. The molecule has 96 valence electrons. The van der Waals surface area contributed by atoms with Crippen LogP contribution in [0.1, 0.15) is 28.8 Å². The van der Waals surface area contributed by atoms with E-state index in [0.29, 0.717) is 18.8 Å². The third kappa shape index (κ3) is 2.61. The van der Waals surface area contributed by atoms with Crippen LogP contribution in [0.5, 0.6) is 5.75 Å². The van der Waals surface area contributed by atoms with E-state index in [-0.39, 0.29) is 17.5 Å². The third-order valence-corrected chi connectivity index (χ3v) is 2.96. The maximum Gasteiger partial charge on any atom is 0.339 e. The van der Waals surface area contributed by atoms with Crippen molar-refractivity contribution < 1.29 is 19.4 Å². The van der Waals surface area contributed by atoms with Gasteiger partial charge in [0.05, 0.1) is 6.04 Å². The molecule has 0 bridgehead atoms. The first-order valence-electron chi connectivity index (χ1n) is 5.83. The second kappa shape index (κ2) is 5.08. The lowest BCUT2D eigenvalue weighted by molar-refractivity contribution is -0.119. The van der Waals surface area contributed by atoms with Gasteiger partial charge in [-0.3, -0.25) is 4.79 Å². The molecule has 0 aliphatic carbocycles. The van der Waals surface area contributed by atoms with E-state index in [1.54, 1.807) is 19.1 Å². The summed E-state index contributed by atoms with van der Waals surface area (Å²) in [4.78, 5) is 22.1. The number of benzene rings is 1. The van der Waals surface area contributed by atoms with Gasteiger partial charge in [-0.2, -0.15) is 0 Å². The van der Waals surface area contributed by atoms with Crippen LogP contribution in [0.2, 0.25) is 0 Å². The Labute approximate surface area is 105 Å². The van der Waals surface area contributed by atoms with E-state index >= 15 is 0 Å². The second-order valence-corrected chi connectivity index (χ2v) is 4.37. The van der Waals surface area contributed by atoms with Crippen molar-refractivity contribution in [1.29, 1.82) is 0 Å². The molecule has 1 atom stereocenters. The topological polar surface area (TPSA) is 75.6 Å². The maximum absolute atomic E-state index is 11.1. The molecule has 0 radical (unpaired) electrons. The van der Waals surface area contributed by atoms with Gasteiger partial charge in [0, 0.05) is 6.42 Å². The Balaban J connectivity index is 2.08. The molecular weight excluding hydrogens is 234 g/mol. The van der Waals surface area contributed by atoms with Gasteiger partial charge in [-0.25, -0.2) is 4.79 Å². The van der Waals surface area contributed by atoms with Crippen LogP contribution in [0.4, 0.5) is 0 Å². The van der Waals surface area contributed by atoms with Crippen molar-refractivity contribution in [2.75, 3.05) is 6.61 Å². The Morgan fingerprint density at radius 2 is 2.33 bits per heavy atom. The van der Waals surface area contributed by atoms with E-state index in [1.165, 1.54) is 6.07 Å². The van der Waals surface area contributed by atoms with Crippen LogP contribution in [-0.2, 0) is 4.79 Å². The SMILES string of the molecule is Cc1cccc(C(=O)O)c1OCC1CCC(=O)N1. The van der Waals surface area contributed by atoms with Crippen molar-refractivity contribution in [1.82, 2.24) is 5.32 Å². The molecule has 0 aromatic heterocycles. The number of para-hydroxylation sites is 1. The summed E-state index contributed by atoms with van der Waals surface area (Å²) >= 11 is 0. The van der Waals surface area contributed by atoms with Crippen molar-refractivity contribution >= 4 is 11.9 Å². The molecule has 1 fully saturated rings. The Morgan fingerprint density at radius 3 is 2.94 bits per heavy atom. The first kappa shape index (κ1) is 12.4. The van der Waals surface area contributed by atoms with Crippen LogP contribution in [0.3, 0.4) is 0 Å². The first-order valence-corrected chi connectivity index (χ1v) is 5.83. The zero-order valence-electron chi connectivity index (χ0n) is 10.1. The maximum atomic E-state index is 11.1. The highest BCUT2D eigenvalue weighted by molar-refractivity contribution is 5.91. The molecular formula is C13H15NO4. The lowest BCUT2D eigenvalue weighted by Crippen LogP contribution is -2.31. The highest BCUT2D eigenvalue weighted by Crippen LogP contribution is 2.24. The van der Waals surface area contributed by atoms with E-state index in [2.05, 4.69) is 5.32 Å². The quantitative estimate of drug-likeness (QED) is 0.844. The average Bonchev–Trinajstić information content (AvgIpc) is 2.73. The van der Waals surface area contributed by atoms with E-state index < -0.39 is 5.97 Å². The van der Waals surface area contributed by atoms with Gasteiger partial charge in [0.25, 0.3) is 0 Å². The Kier molecular flexibility index (Phi) is 3.50. The van der Waals surface area contributed by atoms with Crippen LogP contribution in [0.15, 0.2) is 18.2 Å². The van der Waals surface area contributed by atoms with E-state index in [4.69, 9.17) is 9.84 Å². The van der Waals surface area contributed by atoms with Gasteiger partial charge in [-0.1, -0.05) is 12.1 Å². The average molecular weight is 249 g/mol. The van der Waals surface area contributed by atoms with Crippen LogP contribution in [0.25, 0.3) is 0 Å². The Morgan fingerprint density at radius 1 is 1.56 bits per heavy atom. The zero-order chi connectivity index (χ0) is 13.1. The minimum Gasteiger partial charge on any atom is -0.490 e. The summed E-state index contributed by atoms with van der Waals surface area (Å²) < 4.78 is 5.57. The number of carbonyl (C=O) groups excluding carboxylic acids is 1. The summed E-state index contributed by atoms with van der Waals surface area (Å²) in [7, 11) is 0. The number of ether oxygens (including phenoxy) is 1. The summed E-state index contributed by atoms with van der Waals surface area (Å²) in [5.41, 5.74) is 0.929. The Hall–Kier alpha value is -2.04. The van der Waals surface area contributed by atoms with Gasteiger partial charge in [-0.15, -0.1) is 0 Å². The molecule has 2 rings (SSSR count). The fourth-order valence-electron chi connectivity index (χ4n) is 2.00. The molecule has 1 aliphatic rings. The molecule has 0 saturated carbocycles. The molecule has 18 heavy (non-hydrogen) atoms. The molecule has 1 aliphatic heterocycles. The number of nitrogens with one attached hydrogen (secondary N) is 1. The van der Waals surface area contributed by atoms with E-state index in [0.717, 1.165) is 12.0 Å². The fraction of sp³-hybridized carbons (Fsp3) is 0.385. The number of aromatic carboxylic acids is 1. The van der Waals surface area contributed by atoms with Crippen molar-refractivity contribution in [3.63, 3.8) is 0 Å². The lowest BCUT2D eigenvalue weighted by atomic mass is 10.1. The van der Waals surface area contributed by atoms with Gasteiger partial charge < -0.3 is 15.2 Å². The number of hydrogen-bond donors (Lipinski definition) is 2. The smallest absolute Gasteiger partial charge is 0.339 e. The largest absolute Gasteiger partial charge is 0.490 e. The predicted octanol–water partition coefficient (Wildman–Crippen LogP) is 1.35. The molecule has 0 spiro atoms. The molecule has 5 heteroatoms. The number of hydrogen-bond acceptors (Lipinski definition) is 3. The molecule has 1 unspecified atom stereocenters. The van der Waals surface area contributed by atoms with Gasteiger partial charge in [0.15, 0.2) is 0 Å². The lowest BCUT2D eigenvalue weighted by Gasteiger charge is -2.15. The summed E-state index contributed by atoms with van der Waals surface area (Å²) in [6.45, 7) is 2.10. The Bertz CT molecular complexity index is 484. The number of amides is 1. The minimum atomic E-state index is -1.01. The van der Waals surface area contributed by atoms with Crippen LogP contribution in [-0.4, -0.2) is 29.6 Å². The number of carboxylic acid groups (broad SMARTS) is 1. The fourth-order valence-corrected chi connectivity index (χ4v) is 2.00. The number of carbonyl (C=O) groups is 2. The molecule has 1 saturated heterocycles. The van der Waals surface area contributed by atoms with Gasteiger partial charge >= 0.3 is 5.97 Å². The highest BCUT2D eigenvalue weighted by Gasteiger charge is 2.22. The van der Waals surface area contributed by atoms with E-state index in [9.17, 15) is 9.59 Å². The normalized spacial score (nSPS) is 18.5. The van der Waals surface area contributed by atoms with E-state index in [1.807, 2.05) is 0 Å². The summed E-state index contributed by atoms with van der Waals surface area (Å²) in [5.74, 6) is -0.609. The van der Waals surface area contributed by atoms with Gasteiger partial charge in [0.1, 0.15) is 17.9 Å². The van der Waals surface area contributed by atoms with Crippen molar-refractivity contribution in [3.8, 4) is 5.75 Å². The van der Waals surface area contributed by atoms with Gasteiger partial charge in [-0.05, 0) is 25.0 Å². The molecule has 2 N–H and O–H groups in total. The van der Waals surface area contributed by atoms with Crippen molar-refractivity contribution in [3.05, 3.63) is 29.3 Å². The molecule has 1 amide bonds. The summed E-state index contributed by atoms with van der Waals surface area (Å²) in [5, 5.41) is 11.9. The standard InChI is InChI=1S/C13H15NO4/c1-8-3-2-4-10(13(16)17)12(8)18-7-9-5-6-11(15)14-9/h2-4,9H,5-7H2,1H3,(H,14,15)(H,16,17). The summed E-state index contributed by atoms with van der Waals surface area (Å²) in [6.07, 6.45) is 1.24. The molecule has 5 nitrogen and oxygen atoms in total. The van der Waals surface area contributed by atoms with Crippen molar-refractivity contribution in [2.45, 2.75) is 25.8 Å². The number of rotatable bonds is 4. The molecule has 1 heterocycles. The summed E-state index contributed by atoms with van der Waals surface area (Å²) in [6, 6.07) is 4.97. The third-order valence-electron chi connectivity index (χ3n) is 2.96. The zero-order valence-corrected chi connectivity index (χ0v) is 10.1. The number of carboxylic acids is 1.